The van der Waals surface area contributed by atoms with Crippen LogP contribution in [0.2, 0.25) is 0 Å². The summed E-state index contributed by atoms with van der Waals surface area (Å²) in [5, 5.41) is 19.5. The molecule has 0 aliphatic carbocycles. The second kappa shape index (κ2) is 13.1. The molecule has 1 rings (SSSR count). The van der Waals surface area contributed by atoms with Gasteiger partial charge in [0.2, 0.25) is 23.6 Å². The van der Waals surface area contributed by atoms with Gasteiger partial charge in [-0.15, -0.1) is 0 Å². The van der Waals surface area contributed by atoms with E-state index in [9.17, 15) is 24.0 Å². The highest BCUT2D eigenvalue weighted by Gasteiger charge is 2.30. The molecule has 4 amide bonds. The smallest absolute Gasteiger partial charge is 0.325 e. The largest absolute Gasteiger partial charge is 0.480 e. The molecule has 12 heteroatoms. The third-order valence-corrected chi connectivity index (χ3v) is 5.31. The minimum absolute atomic E-state index is 0.0119. The highest BCUT2D eigenvalue weighted by atomic mass is 32.2. The van der Waals surface area contributed by atoms with E-state index in [2.05, 4.69) is 21.3 Å². The molecule has 30 heavy (non-hydrogen) atoms. The van der Waals surface area contributed by atoms with Gasteiger partial charge in [-0.3, -0.25) is 24.0 Å². The second-order valence-corrected chi connectivity index (χ2v) is 8.11. The Morgan fingerprint density at radius 1 is 1.10 bits per heavy atom. The zero-order valence-corrected chi connectivity index (χ0v) is 18.0. The summed E-state index contributed by atoms with van der Waals surface area (Å²) in [5.41, 5.74) is 5.17. The van der Waals surface area contributed by atoms with Gasteiger partial charge >= 0.3 is 5.97 Å². The van der Waals surface area contributed by atoms with Crippen molar-refractivity contribution in [2.45, 2.75) is 63.2 Å². The van der Waals surface area contributed by atoms with Gasteiger partial charge in [-0.05, 0) is 51.2 Å². The fourth-order valence-electron chi connectivity index (χ4n) is 2.89. The average Bonchev–Trinajstić information content (AvgIpc) is 3.22. The highest BCUT2D eigenvalue weighted by molar-refractivity contribution is 7.98. The van der Waals surface area contributed by atoms with E-state index in [1.54, 1.807) is 0 Å². The lowest BCUT2D eigenvalue weighted by molar-refractivity contribution is -0.141. The number of nitrogens with two attached hydrogens (primary N) is 1. The van der Waals surface area contributed by atoms with E-state index in [0.29, 0.717) is 18.7 Å². The summed E-state index contributed by atoms with van der Waals surface area (Å²) < 4.78 is 0. The highest BCUT2D eigenvalue weighted by Crippen LogP contribution is 2.08. The first-order valence-electron chi connectivity index (χ1n) is 9.80. The molecular weight excluding hydrogens is 414 g/mol. The van der Waals surface area contributed by atoms with Crippen molar-refractivity contribution in [1.29, 1.82) is 0 Å². The topological polar surface area (TPSA) is 180 Å². The minimum atomic E-state index is -1.20. The average molecular weight is 446 g/mol. The number of carboxylic acid groups (broad SMARTS) is 1. The maximum Gasteiger partial charge on any atom is 0.325 e. The zero-order valence-electron chi connectivity index (χ0n) is 17.2. The van der Waals surface area contributed by atoms with Crippen LogP contribution < -0.4 is 27.0 Å². The predicted octanol–water partition coefficient (Wildman–Crippen LogP) is -1.68. The van der Waals surface area contributed by atoms with Crippen LogP contribution >= 0.6 is 11.8 Å². The molecule has 4 unspecified atom stereocenters. The molecule has 1 aliphatic heterocycles. The number of aliphatic carboxylic acids is 1. The number of carboxylic acids is 1. The van der Waals surface area contributed by atoms with Crippen molar-refractivity contribution in [2.75, 3.05) is 18.6 Å². The van der Waals surface area contributed by atoms with Crippen LogP contribution in [-0.2, 0) is 24.0 Å². The Morgan fingerprint density at radius 2 is 1.73 bits per heavy atom. The van der Waals surface area contributed by atoms with Crippen LogP contribution in [0.3, 0.4) is 0 Å². The van der Waals surface area contributed by atoms with Gasteiger partial charge in [-0.2, -0.15) is 11.8 Å². The molecule has 0 bridgehead atoms. The molecule has 0 aromatic rings. The molecule has 0 spiro atoms. The quantitative estimate of drug-likeness (QED) is 0.194. The first kappa shape index (κ1) is 25.7. The second-order valence-electron chi connectivity index (χ2n) is 7.13. The summed E-state index contributed by atoms with van der Waals surface area (Å²) in [5.74, 6) is -2.90. The Hall–Kier alpha value is -2.34. The number of nitrogens with one attached hydrogen (secondary N) is 4. The summed E-state index contributed by atoms with van der Waals surface area (Å²) in [7, 11) is 0. The van der Waals surface area contributed by atoms with Crippen LogP contribution in [0.15, 0.2) is 0 Å². The summed E-state index contributed by atoms with van der Waals surface area (Å²) in [6, 6.07) is -3.57. The summed E-state index contributed by atoms with van der Waals surface area (Å²) in [4.78, 5) is 59.8. The number of carbonyl (C=O) groups is 5. The molecule has 1 fully saturated rings. The molecular formula is C18H31N5O6S. The normalized spacial score (nSPS) is 18.7. The van der Waals surface area contributed by atoms with Gasteiger partial charge in [0.25, 0.3) is 0 Å². The van der Waals surface area contributed by atoms with Crippen molar-refractivity contribution in [2.24, 2.45) is 5.73 Å². The van der Waals surface area contributed by atoms with Crippen LogP contribution in [0.5, 0.6) is 0 Å². The lowest BCUT2D eigenvalue weighted by Crippen LogP contribution is -2.57. The molecule has 0 radical (unpaired) electrons. The van der Waals surface area contributed by atoms with Crippen molar-refractivity contribution in [1.82, 2.24) is 21.3 Å². The predicted molar refractivity (Wildman–Crippen MR) is 112 cm³/mol. The Labute approximate surface area is 179 Å². The van der Waals surface area contributed by atoms with Gasteiger partial charge in [-0.1, -0.05) is 0 Å². The van der Waals surface area contributed by atoms with Crippen molar-refractivity contribution in [3.63, 3.8) is 0 Å². The van der Waals surface area contributed by atoms with Gasteiger partial charge < -0.3 is 32.1 Å². The van der Waals surface area contributed by atoms with Crippen LogP contribution in [0.25, 0.3) is 0 Å². The number of hydrogen-bond acceptors (Lipinski definition) is 7. The minimum Gasteiger partial charge on any atom is -0.480 e. The van der Waals surface area contributed by atoms with Gasteiger partial charge in [0.05, 0.1) is 6.04 Å². The molecule has 170 valence electrons. The van der Waals surface area contributed by atoms with Crippen LogP contribution in [0.4, 0.5) is 0 Å². The Bertz CT molecular complexity index is 641. The summed E-state index contributed by atoms with van der Waals surface area (Å²) in [6.45, 7) is 2.02. The van der Waals surface area contributed by atoms with Crippen LogP contribution in [-0.4, -0.2) is 77.4 Å². The molecule has 0 aromatic heterocycles. The van der Waals surface area contributed by atoms with E-state index in [1.165, 1.54) is 18.7 Å². The maximum atomic E-state index is 12.8. The van der Waals surface area contributed by atoms with Crippen LogP contribution in [0.1, 0.15) is 39.0 Å². The van der Waals surface area contributed by atoms with Crippen LogP contribution in [0, 0.1) is 0 Å². The van der Waals surface area contributed by atoms with Crippen molar-refractivity contribution in [3.05, 3.63) is 0 Å². The van der Waals surface area contributed by atoms with E-state index < -0.39 is 47.9 Å². The Morgan fingerprint density at radius 3 is 2.27 bits per heavy atom. The number of hydrogen-bond donors (Lipinski definition) is 6. The number of thioether (sulfide) groups is 1. The molecule has 1 aliphatic rings. The standard InChI is InChI=1S/C18H31N5O6S/c1-10(18(28)29)21-16(26)13(7-9-30-2)23-17(27)12(5-6-14(19)24)22-15(25)11-4-3-8-20-11/h10-13,20H,3-9H2,1-2H3,(H2,19,24)(H,21,26)(H,22,25)(H,23,27)(H,28,29). The molecule has 0 aromatic carbocycles. The molecule has 7 N–H and O–H groups in total. The SMILES string of the molecule is CSCCC(NC(=O)C(CCC(N)=O)NC(=O)C1CCCN1)C(=O)NC(C)C(=O)O. The maximum absolute atomic E-state index is 12.8. The fourth-order valence-corrected chi connectivity index (χ4v) is 3.36. The fraction of sp³-hybridized carbons (Fsp3) is 0.722. The molecule has 1 saturated heterocycles. The van der Waals surface area contributed by atoms with Crippen molar-refractivity contribution < 1.29 is 29.1 Å². The first-order chi connectivity index (χ1) is 14.1. The Kier molecular flexibility index (Phi) is 11.2. The molecule has 1 heterocycles. The first-order valence-corrected chi connectivity index (χ1v) is 11.2. The molecule has 4 atom stereocenters. The van der Waals surface area contributed by atoms with Gasteiger partial charge in [0.1, 0.15) is 18.1 Å². The monoisotopic (exact) mass is 445 g/mol. The molecule has 11 nitrogen and oxygen atoms in total. The van der Waals surface area contributed by atoms with E-state index >= 15 is 0 Å². The van der Waals surface area contributed by atoms with Gasteiger partial charge in [0, 0.05) is 6.42 Å². The Balaban J connectivity index is 2.84. The third-order valence-electron chi connectivity index (χ3n) is 4.66. The van der Waals surface area contributed by atoms with E-state index in [0.717, 1.165) is 6.42 Å². The number of carbonyl (C=O) groups excluding carboxylic acids is 4. The lowest BCUT2D eigenvalue weighted by Gasteiger charge is -2.24. The van der Waals surface area contributed by atoms with Crippen molar-refractivity contribution >= 4 is 41.4 Å². The summed E-state index contributed by atoms with van der Waals surface area (Å²) >= 11 is 1.46. The summed E-state index contributed by atoms with van der Waals surface area (Å²) in [6.07, 6.45) is 3.46. The van der Waals surface area contributed by atoms with E-state index in [-0.39, 0.29) is 25.2 Å². The lowest BCUT2D eigenvalue weighted by atomic mass is 10.1. The zero-order chi connectivity index (χ0) is 22.7. The molecule has 0 saturated carbocycles. The number of amides is 4. The van der Waals surface area contributed by atoms with Gasteiger partial charge in [0.15, 0.2) is 0 Å². The number of rotatable bonds is 13. The van der Waals surface area contributed by atoms with E-state index in [4.69, 9.17) is 10.8 Å². The van der Waals surface area contributed by atoms with Gasteiger partial charge in [-0.25, -0.2) is 0 Å². The number of primary amides is 1. The van der Waals surface area contributed by atoms with E-state index in [1.807, 2.05) is 6.26 Å². The third kappa shape index (κ3) is 8.99. The van der Waals surface area contributed by atoms with Crippen molar-refractivity contribution in [3.8, 4) is 0 Å².